The molecule has 4 rings (SSSR count). The topological polar surface area (TPSA) is 107 Å². The largest absolute Gasteiger partial charge is 0.507 e. The van der Waals surface area contributed by atoms with Crippen LogP contribution >= 0.6 is 0 Å². The van der Waals surface area contributed by atoms with Crippen molar-refractivity contribution in [3.05, 3.63) is 70.8 Å². The molecule has 2 aromatic rings. The molecule has 9 nitrogen and oxygen atoms in total. The van der Waals surface area contributed by atoms with E-state index in [1.165, 1.54) is 27.4 Å². The maximum atomic E-state index is 13.2. The Morgan fingerprint density at radius 3 is 2.41 bits per heavy atom. The summed E-state index contributed by atoms with van der Waals surface area (Å²) in [5.74, 6) is -1.85. The molecule has 2 aliphatic rings. The van der Waals surface area contributed by atoms with Crippen LogP contribution in [0.4, 0.5) is 0 Å². The summed E-state index contributed by atoms with van der Waals surface area (Å²) in [5, 5.41) is 11.4. The van der Waals surface area contributed by atoms with Gasteiger partial charge in [-0.2, -0.15) is 4.31 Å². The van der Waals surface area contributed by atoms with Crippen molar-refractivity contribution in [3.8, 4) is 0 Å². The fraction of sp³-hybridized carbons (Fsp3) is 0.407. The molecule has 2 aliphatic heterocycles. The average Bonchev–Trinajstić information content (AvgIpc) is 3.14. The summed E-state index contributed by atoms with van der Waals surface area (Å²) in [6.07, 6.45) is 0.649. The van der Waals surface area contributed by atoms with Crippen molar-refractivity contribution in [2.45, 2.75) is 24.3 Å². The Hall–Kier alpha value is -3.05. The zero-order valence-electron chi connectivity index (χ0n) is 21.4. The molecule has 1 amide bonds. The molecule has 1 N–H and O–H groups in total. The molecular formula is C27H33N3O6S. The number of hydrogen-bond acceptors (Lipinski definition) is 7. The maximum Gasteiger partial charge on any atom is 0.295 e. The standard InChI is InChI=1S/C27H33N3O6S/c1-19-8-10-20(11-9-19)24-23(26(32)27(33)30(24)13-5-12-28(2)3)25(31)21-6-4-7-22(18-21)37(34,35)29-14-16-36-17-15-29/h4,6-11,18,24,31H,5,12-17H2,1-3H3/t24-/m0/s1. The zero-order valence-corrected chi connectivity index (χ0v) is 22.2. The lowest BCUT2D eigenvalue weighted by atomic mass is 9.94. The number of ether oxygens (including phenoxy) is 1. The van der Waals surface area contributed by atoms with Gasteiger partial charge in [0.2, 0.25) is 10.0 Å². The monoisotopic (exact) mass is 527 g/mol. The van der Waals surface area contributed by atoms with E-state index >= 15 is 0 Å². The molecule has 0 saturated carbocycles. The van der Waals surface area contributed by atoms with Crippen LogP contribution in [0.15, 0.2) is 59.0 Å². The van der Waals surface area contributed by atoms with Gasteiger partial charge in [0, 0.05) is 25.2 Å². The summed E-state index contributed by atoms with van der Waals surface area (Å²) in [7, 11) is 0.0535. The number of rotatable bonds is 8. The van der Waals surface area contributed by atoms with Crippen LogP contribution in [-0.2, 0) is 24.3 Å². The van der Waals surface area contributed by atoms with Crippen LogP contribution < -0.4 is 0 Å². The molecule has 2 heterocycles. The molecule has 1 atom stereocenters. The van der Waals surface area contributed by atoms with Gasteiger partial charge in [-0.3, -0.25) is 9.59 Å². The smallest absolute Gasteiger partial charge is 0.295 e. The van der Waals surface area contributed by atoms with Crippen molar-refractivity contribution in [3.63, 3.8) is 0 Å². The number of Topliss-reactive ketones (excluding diaryl/α,β-unsaturated/α-hetero) is 1. The van der Waals surface area contributed by atoms with E-state index in [0.717, 1.165) is 12.1 Å². The third-order valence-corrected chi connectivity index (χ3v) is 8.55. The van der Waals surface area contributed by atoms with Gasteiger partial charge in [-0.1, -0.05) is 42.0 Å². The van der Waals surface area contributed by atoms with E-state index in [2.05, 4.69) is 0 Å². The quantitative estimate of drug-likeness (QED) is 0.319. The maximum absolute atomic E-state index is 13.2. The molecule has 10 heteroatoms. The molecule has 0 spiro atoms. The summed E-state index contributed by atoms with van der Waals surface area (Å²) < 4.78 is 33.0. The summed E-state index contributed by atoms with van der Waals surface area (Å²) in [5.41, 5.74) is 1.85. The number of amides is 1. The number of hydrogen-bond donors (Lipinski definition) is 1. The lowest BCUT2D eigenvalue weighted by molar-refractivity contribution is -0.139. The number of morpholine rings is 1. The summed E-state index contributed by atoms with van der Waals surface area (Å²) in [4.78, 5) is 29.9. The van der Waals surface area contributed by atoms with Gasteiger partial charge in [-0.15, -0.1) is 0 Å². The van der Waals surface area contributed by atoms with Gasteiger partial charge in [-0.05, 0) is 51.7 Å². The molecule has 198 valence electrons. The summed E-state index contributed by atoms with van der Waals surface area (Å²) in [6.45, 7) is 4.11. The fourth-order valence-electron chi connectivity index (χ4n) is 4.66. The van der Waals surface area contributed by atoms with Crippen LogP contribution in [0.1, 0.15) is 29.2 Å². The normalized spacial score (nSPS) is 20.6. The van der Waals surface area contributed by atoms with Crippen molar-refractivity contribution < 1.29 is 27.9 Å². The highest BCUT2D eigenvalue weighted by molar-refractivity contribution is 7.89. The molecule has 2 saturated heterocycles. The Labute approximate surface area is 218 Å². The van der Waals surface area contributed by atoms with Crippen LogP contribution in [0.2, 0.25) is 0 Å². The van der Waals surface area contributed by atoms with Gasteiger partial charge in [0.15, 0.2) is 0 Å². The second kappa shape index (κ2) is 11.1. The first-order valence-electron chi connectivity index (χ1n) is 12.3. The van der Waals surface area contributed by atoms with Gasteiger partial charge in [0.1, 0.15) is 5.76 Å². The minimum atomic E-state index is -3.81. The SMILES string of the molecule is Cc1ccc([C@H]2C(=C(O)c3cccc(S(=O)(=O)N4CCOCC4)c3)C(=O)C(=O)N2CCCN(C)C)cc1. The molecule has 37 heavy (non-hydrogen) atoms. The molecule has 2 fully saturated rings. The third kappa shape index (κ3) is 5.62. The highest BCUT2D eigenvalue weighted by Crippen LogP contribution is 2.39. The van der Waals surface area contributed by atoms with Gasteiger partial charge < -0.3 is 19.6 Å². The third-order valence-electron chi connectivity index (χ3n) is 6.65. The van der Waals surface area contributed by atoms with Crippen molar-refractivity contribution >= 4 is 27.5 Å². The van der Waals surface area contributed by atoms with E-state index in [4.69, 9.17) is 4.74 Å². The lowest BCUT2D eigenvalue weighted by Gasteiger charge is -2.26. The number of ketones is 1. The zero-order chi connectivity index (χ0) is 26.7. The van der Waals surface area contributed by atoms with Crippen LogP contribution in [-0.4, -0.2) is 92.8 Å². The van der Waals surface area contributed by atoms with Crippen LogP contribution in [0.25, 0.3) is 5.76 Å². The number of nitrogens with zero attached hydrogens (tertiary/aromatic N) is 3. The second-order valence-corrected chi connectivity index (χ2v) is 11.5. The van der Waals surface area contributed by atoms with Crippen LogP contribution in [0.5, 0.6) is 0 Å². The number of aliphatic hydroxyl groups excluding tert-OH is 1. The molecule has 0 bridgehead atoms. The van der Waals surface area contributed by atoms with Crippen molar-refractivity contribution in [1.29, 1.82) is 0 Å². The second-order valence-electron chi connectivity index (χ2n) is 9.60. The van der Waals surface area contributed by atoms with E-state index in [1.54, 1.807) is 6.07 Å². The molecule has 0 unspecified atom stereocenters. The number of benzene rings is 2. The van der Waals surface area contributed by atoms with Gasteiger partial charge in [0.05, 0.1) is 29.7 Å². The Kier molecular flexibility index (Phi) is 8.13. The Balaban J connectivity index is 1.77. The number of likely N-dealkylation sites (tertiary alicyclic amines) is 1. The van der Waals surface area contributed by atoms with Gasteiger partial charge in [-0.25, -0.2) is 8.42 Å². The van der Waals surface area contributed by atoms with Crippen LogP contribution in [0.3, 0.4) is 0 Å². The predicted molar refractivity (Wildman–Crippen MR) is 139 cm³/mol. The molecule has 2 aromatic carbocycles. The fourth-order valence-corrected chi connectivity index (χ4v) is 6.11. The van der Waals surface area contributed by atoms with Gasteiger partial charge >= 0.3 is 0 Å². The molecule has 0 radical (unpaired) electrons. The first kappa shape index (κ1) is 27.0. The van der Waals surface area contributed by atoms with Crippen molar-refractivity contribution in [2.24, 2.45) is 0 Å². The Bertz CT molecular complexity index is 1300. The molecular weight excluding hydrogens is 494 g/mol. The van der Waals surface area contributed by atoms with E-state index in [-0.39, 0.29) is 29.1 Å². The summed E-state index contributed by atoms with van der Waals surface area (Å²) >= 11 is 0. The summed E-state index contributed by atoms with van der Waals surface area (Å²) in [6, 6.07) is 12.6. The van der Waals surface area contributed by atoms with E-state index in [1.807, 2.05) is 50.2 Å². The van der Waals surface area contributed by atoms with Crippen LogP contribution in [0, 0.1) is 6.92 Å². The number of sulfonamides is 1. The lowest BCUT2D eigenvalue weighted by Crippen LogP contribution is -2.40. The first-order valence-corrected chi connectivity index (χ1v) is 13.7. The Morgan fingerprint density at radius 1 is 1.08 bits per heavy atom. The first-order chi connectivity index (χ1) is 17.6. The van der Waals surface area contributed by atoms with Crippen molar-refractivity contribution in [1.82, 2.24) is 14.1 Å². The average molecular weight is 528 g/mol. The number of aliphatic hydroxyl groups is 1. The highest BCUT2D eigenvalue weighted by Gasteiger charge is 2.45. The van der Waals surface area contributed by atoms with E-state index in [9.17, 15) is 23.1 Å². The minimum absolute atomic E-state index is 0.00514. The number of carbonyl (C=O) groups excluding carboxylic acids is 2. The predicted octanol–water partition coefficient (Wildman–Crippen LogP) is 2.39. The van der Waals surface area contributed by atoms with Gasteiger partial charge in [0.25, 0.3) is 11.7 Å². The van der Waals surface area contributed by atoms with Crippen molar-refractivity contribution in [2.75, 3.05) is 53.5 Å². The number of carbonyl (C=O) groups is 2. The molecule has 0 aliphatic carbocycles. The molecule has 0 aromatic heterocycles. The number of aryl methyl sites for hydroxylation is 1. The minimum Gasteiger partial charge on any atom is -0.507 e. The Morgan fingerprint density at radius 2 is 1.76 bits per heavy atom. The van der Waals surface area contributed by atoms with E-state index < -0.39 is 33.5 Å². The van der Waals surface area contributed by atoms with E-state index in [0.29, 0.717) is 31.7 Å². The highest BCUT2D eigenvalue weighted by atomic mass is 32.2.